The van der Waals surface area contributed by atoms with Crippen LogP contribution in [0.5, 0.6) is 0 Å². The molecule has 2 atom stereocenters. The summed E-state index contributed by atoms with van der Waals surface area (Å²) >= 11 is 3.15. The molecule has 1 aliphatic rings. The van der Waals surface area contributed by atoms with Gasteiger partial charge in [-0.3, -0.25) is 9.59 Å². The smallest absolute Gasteiger partial charge is 0.307 e. The van der Waals surface area contributed by atoms with Crippen LogP contribution < -0.4 is 5.32 Å². The lowest BCUT2D eigenvalue weighted by Crippen LogP contribution is -2.18. The predicted octanol–water partition coefficient (Wildman–Crippen LogP) is 2.88. The lowest BCUT2D eigenvalue weighted by molar-refractivity contribution is -0.140. The minimum absolute atomic E-state index is 0.357. The van der Waals surface area contributed by atoms with Crippen molar-refractivity contribution >= 4 is 33.5 Å². The number of anilines is 1. The molecule has 0 unspecified atom stereocenters. The van der Waals surface area contributed by atoms with Gasteiger partial charge >= 0.3 is 5.97 Å². The molecule has 1 fully saturated rings. The van der Waals surface area contributed by atoms with E-state index in [0.29, 0.717) is 10.2 Å². The average Bonchev–Trinajstić information content (AvgIpc) is 2.86. The molecule has 102 valence electrons. The monoisotopic (exact) mass is 329 g/mol. The first kappa shape index (κ1) is 14.0. The van der Waals surface area contributed by atoms with E-state index in [0.717, 1.165) is 0 Å². The Kier molecular flexibility index (Phi) is 3.38. The molecule has 0 bridgehead atoms. The largest absolute Gasteiger partial charge is 0.481 e. The molecule has 0 aromatic heterocycles. The van der Waals surface area contributed by atoms with Crippen molar-refractivity contribution in [2.45, 2.75) is 13.8 Å². The van der Waals surface area contributed by atoms with Crippen LogP contribution in [0.25, 0.3) is 0 Å². The maximum atomic E-state index is 12.9. The van der Waals surface area contributed by atoms with Crippen LogP contribution in [0.15, 0.2) is 22.7 Å². The first-order chi connectivity index (χ1) is 8.75. The maximum Gasteiger partial charge on any atom is 0.307 e. The molecule has 1 aromatic rings. The Labute approximate surface area is 118 Å². The highest BCUT2D eigenvalue weighted by Gasteiger charge is 2.65. The molecule has 1 aromatic carbocycles. The van der Waals surface area contributed by atoms with Gasteiger partial charge in [-0.15, -0.1) is 0 Å². The summed E-state index contributed by atoms with van der Waals surface area (Å²) in [5.41, 5.74) is -0.124. The minimum Gasteiger partial charge on any atom is -0.481 e. The van der Waals surface area contributed by atoms with Crippen LogP contribution in [0.1, 0.15) is 13.8 Å². The van der Waals surface area contributed by atoms with Gasteiger partial charge in [-0.05, 0) is 39.5 Å². The van der Waals surface area contributed by atoms with Gasteiger partial charge in [0.05, 0.1) is 17.5 Å². The van der Waals surface area contributed by atoms with Crippen molar-refractivity contribution in [1.29, 1.82) is 0 Å². The van der Waals surface area contributed by atoms with Crippen LogP contribution in [0.3, 0.4) is 0 Å². The van der Waals surface area contributed by atoms with Crippen LogP contribution in [0.2, 0.25) is 0 Å². The number of nitrogens with one attached hydrogen (secondary N) is 1. The Bertz CT molecular complexity index is 559. The normalized spacial score (nSPS) is 23.8. The quantitative estimate of drug-likeness (QED) is 0.896. The molecular formula is C13H13BrFNO3. The maximum absolute atomic E-state index is 12.9. The fraction of sp³-hybridized carbons (Fsp3) is 0.385. The molecule has 4 nitrogen and oxygen atoms in total. The van der Waals surface area contributed by atoms with Gasteiger partial charge in [0.25, 0.3) is 0 Å². The molecule has 2 N–H and O–H groups in total. The summed E-state index contributed by atoms with van der Waals surface area (Å²) in [4.78, 5) is 23.1. The van der Waals surface area contributed by atoms with E-state index < -0.39 is 29.0 Å². The van der Waals surface area contributed by atoms with E-state index in [2.05, 4.69) is 21.2 Å². The molecule has 19 heavy (non-hydrogen) atoms. The second-order valence-electron chi connectivity index (χ2n) is 5.23. The van der Waals surface area contributed by atoms with Gasteiger partial charge in [0, 0.05) is 4.47 Å². The number of hydrogen-bond donors (Lipinski definition) is 2. The third-order valence-corrected chi connectivity index (χ3v) is 4.22. The summed E-state index contributed by atoms with van der Waals surface area (Å²) in [7, 11) is 0. The van der Waals surface area contributed by atoms with Crippen LogP contribution in [0, 0.1) is 23.1 Å². The SMILES string of the molecule is CC1(C)[C@H](C(=O)O)[C@@H]1C(=O)Nc1ccc(F)cc1Br. The third kappa shape index (κ3) is 2.49. The molecule has 2 rings (SSSR count). The zero-order valence-corrected chi connectivity index (χ0v) is 12.0. The Balaban J connectivity index is 2.13. The first-order valence-corrected chi connectivity index (χ1v) is 6.53. The molecule has 0 spiro atoms. The topological polar surface area (TPSA) is 66.4 Å². The van der Waals surface area contributed by atoms with Crippen molar-refractivity contribution in [3.8, 4) is 0 Å². The fourth-order valence-corrected chi connectivity index (χ4v) is 2.84. The summed E-state index contributed by atoms with van der Waals surface area (Å²) in [6, 6.07) is 3.90. The van der Waals surface area contributed by atoms with Crippen molar-refractivity contribution in [1.82, 2.24) is 0 Å². The Hall–Kier alpha value is -1.43. The van der Waals surface area contributed by atoms with Crippen LogP contribution in [0.4, 0.5) is 10.1 Å². The number of carbonyl (C=O) groups excluding carboxylic acids is 1. The Morgan fingerprint density at radius 1 is 1.37 bits per heavy atom. The first-order valence-electron chi connectivity index (χ1n) is 5.74. The van der Waals surface area contributed by atoms with Crippen molar-refractivity contribution in [3.63, 3.8) is 0 Å². The molecule has 0 heterocycles. The predicted molar refractivity (Wildman–Crippen MR) is 71.1 cm³/mol. The van der Waals surface area contributed by atoms with Crippen LogP contribution in [-0.4, -0.2) is 17.0 Å². The molecule has 0 saturated heterocycles. The number of carboxylic acid groups (broad SMARTS) is 1. The highest BCUT2D eigenvalue weighted by atomic mass is 79.9. The minimum atomic E-state index is -0.969. The van der Waals surface area contributed by atoms with E-state index in [1.165, 1.54) is 18.2 Å². The molecule has 1 saturated carbocycles. The van der Waals surface area contributed by atoms with E-state index in [4.69, 9.17) is 5.11 Å². The molecule has 0 radical (unpaired) electrons. The number of benzene rings is 1. The van der Waals surface area contributed by atoms with Gasteiger partial charge in [0.1, 0.15) is 5.82 Å². The summed E-state index contributed by atoms with van der Waals surface area (Å²) in [6.45, 7) is 3.49. The third-order valence-electron chi connectivity index (χ3n) is 3.56. The molecule has 0 aliphatic heterocycles. The summed E-state index contributed by atoms with van der Waals surface area (Å²) < 4.78 is 13.3. The van der Waals surface area contributed by atoms with Crippen LogP contribution in [-0.2, 0) is 9.59 Å². The van der Waals surface area contributed by atoms with Crippen molar-refractivity contribution < 1.29 is 19.1 Å². The number of halogens is 2. The molecule has 6 heteroatoms. The zero-order chi connectivity index (χ0) is 14.4. The number of carbonyl (C=O) groups is 2. The highest BCUT2D eigenvalue weighted by molar-refractivity contribution is 9.10. The zero-order valence-electron chi connectivity index (χ0n) is 10.4. The van der Waals surface area contributed by atoms with Gasteiger partial charge in [-0.2, -0.15) is 0 Å². The number of rotatable bonds is 3. The van der Waals surface area contributed by atoms with Crippen molar-refractivity contribution in [2.75, 3.05) is 5.32 Å². The van der Waals surface area contributed by atoms with Gasteiger partial charge in [-0.25, -0.2) is 4.39 Å². The molecular weight excluding hydrogens is 317 g/mol. The van der Waals surface area contributed by atoms with E-state index in [1.54, 1.807) is 13.8 Å². The second-order valence-corrected chi connectivity index (χ2v) is 6.08. The van der Waals surface area contributed by atoms with Crippen LogP contribution >= 0.6 is 15.9 Å². The van der Waals surface area contributed by atoms with Gasteiger partial charge in [0.15, 0.2) is 0 Å². The number of carboxylic acids is 1. The lowest BCUT2D eigenvalue weighted by atomic mass is 10.1. The highest BCUT2D eigenvalue weighted by Crippen LogP contribution is 2.58. The standard InChI is InChI=1S/C13H13BrFNO3/c1-13(2)9(10(13)12(18)19)11(17)16-8-4-3-6(15)5-7(8)14/h3-5,9-10H,1-2H3,(H,16,17)(H,18,19)/t9-,10+/m1/s1. The van der Waals surface area contributed by atoms with E-state index >= 15 is 0 Å². The number of hydrogen-bond acceptors (Lipinski definition) is 2. The summed E-state index contributed by atoms with van der Waals surface area (Å²) in [6.07, 6.45) is 0. The van der Waals surface area contributed by atoms with Gasteiger partial charge in [0.2, 0.25) is 5.91 Å². The van der Waals surface area contributed by atoms with Gasteiger partial charge < -0.3 is 10.4 Å². The molecule has 1 amide bonds. The van der Waals surface area contributed by atoms with Gasteiger partial charge in [-0.1, -0.05) is 13.8 Å². The Morgan fingerprint density at radius 2 is 2.00 bits per heavy atom. The van der Waals surface area contributed by atoms with Crippen molar-refractivity contribution in [3.05, 3.63) is 28.5 Å². The lowest BCUT2D eigenvalue weighted by Gasteiger charge is -2.08. The summed E-state index contributed by atoms with van der Waals surface area (Å²) in [5.74, 6) is -2.98. The van der Waals surface area contributed by atoms with E-state index in [-0.39, 0.29) is 5.91 Å². The number of amides is 1. The number of aliphatic carboxylic acids is 1. The summed E-state index contributed by atoms with van der Waals surface area (Å²) in [5, 5.41) is 11.7. The second kappa shape index (κ2) is 4.59. The Morgan fingerprint density at radius 3 is 2.47 bits per heavy atom. The van der Waals surface area contributed by atoms with E-state index in [9.17, 15) is 14.0 Å². The molecule has 1 aliphatic carbocycles. The van der Waals surface area contributed by atoms with E-state index in [1.807, 2.05) is 0 Å². The van der Waals surface area contributed by atoms with Crippen molar-refractivity contribution in [2.24, 2.45) is 17.3 Å². The average molecular weight is 330 g/mol. The fourth-order valence-electron chi connectivity index (χ4n) is 2.39.